The van der Waals surface area contributed by atoms with Gasteiger partial charge in [-0.3, -0.25) is 14.8 Å². The Morgan fingerprint density at radius 1 is 1.00 bits per heavy atom. The summed E-state index contributed by atoms with van der Waals surface area (Å²) in [6.45, 7) is 4.06. The molecule has 1 aromatic carbocycles. The van der Waals surface area contributed by atoms with Crippen LogP contribution < -0.4 is 5.32 Å². The van der Waals surface area contributed by atoms with Crippen molar-refractivity contribution in [2.24, 2.45) is 0 Å². The summed E-state index contributed by atoms with van der Waals surface area (Å²) in [4.78, 5) is 8.80. The highest BCUT2D eigenvalue weighted by Crippen LogP contribution is 2.24. The maximum Gasteiger partial charge on any atom is 0.118 e. The Labute approximate surface area is 192 Å². The second kappa shape index (κ2) is 11.2. The van der Waals surface area contributed by atoms with E-state index in [9.17, 15) is 0 Å². The summed E-state index contributed by atoms with van der Waals surface area (Å²) in [6, 6.07) is 15.4. The van der Waals surface area contributed by atoms with E-state index in [4.69, 9.17) is 25.2 Å². The van der Waals surface area contributed by atoms with Gasteiger partial charge in [0.25, 0.3) is 0 Å². The molecular weight excluding hydrogens is 428 g/mol. The average Bonchev–Trinajstić information content (AvgIpc) is 3.49. The van der Waals surface area contributed by atoms with Crippen LogP contribution in [0.3, 0.4) is 0 Å². The first kappa shape index (κ1) is 22.4. The Bertz CT molecular complexity index is 1050. The molecule has 0 atom stereocenters. The fourth-order valence-corrected chi connectivity index (χ4v) is 3.61. The van der Waals surface area contributed by atoms with E-state index in [-0.39, 0.29) is 0 Å². The van der Waals surface area contributed by atoms with Crippen molar-refractivity contribution in [1.29, 1.82) is 0 Å². The Hall–Kier alpha value is -2.84. The molecule has 0 aliphatic rings. The summed E-state index contributed by atoms with van der Waals surface area (Å²) in [5.41, 5.74) is 1.82. The molecule has 0 fully saturated rings. The highest BCUT2D eigenvalue weighted by Gasteiger charge is 2.12. The Kier molecular flexibility index (Phi) is 7.79. The molecule has 0 bridgehead atoms. The number of furan rings is 2. The third kappa shape index (κ3) is 6.34. The number of fused-ring (bicyclic) bond motifs is 1. The van der Waals surface area contributed by atoms with E-state index in [0.29, 0.717) is 18.5 Å². The molecule has 0 aliphatic carbocycles. The molecule has 0 amide bonds. The molecule has 4 aromatic rings. The summed E-state index contributed by atoms with van der Waals surface area (Å²) in [6.07, 6.45) is 5.17. The molecule has 0 spiro atoms. The molecule has 0 saturated heterocycles. The zero-order valence-corrected chi connectivity index (χ0v) is 18.8. The minimum Gasteiger partial charge on any atom is -0.468 e. The van der Waals surface area contributed by atoms with Gasteiger partial charge in [0.2, 0.25) is 0 Å². The lowest BCUT2D eigenvalue weighted by Crippen LogP contribution is -2.34. The molecule has 1 N–H and O–H groups in total. The van der Waals surface area contributed by atoms with Gasteiger partial charge >= 0.3 is 0 Å². The first-order valence-electron chi connectivity index (χ1n) is 10.5. The molecule has 0 radical (unpaired) electrons. The predicted molar refractivity (Wildman–Crippen MR) is 125 cm³/mol. The summed E-state index contributed by atoms with van der Waals surface area (Å²) in [5.74, 6) is 1.87. The number of aromatic nitrogens is 1. The smallest absolute Gasteiger partial charge is 0.118 e. The lowest BCUT2D eigenvalue weighted by Gasteiger charge is -2.24. The van der Waals surface area contributed by atoms with Gasteiger partial charge in [-0.2, -0.15) is 0 Å². The van der Waals surface area contributed by atoms with Crippen molar-refractivity contribution in [2.75, 3.05) is 38.9 Å². The van der Waals surface area contributed by atoms with Crippen molar-refractivity contribution < 1.29 is 13.6 Å². The number of hydrogen-bond donors (Lipinski definition) is 1. The largest absolute Gasteiger partial charge is 0.468 e. The number of anilines is 1. The lowest BCUT2D eigenvalue weighted by molar-refractivity contribution is 0.0460. The zero-order valence-electron chi connectivity index (χ0n) is 18.0. The average molecular weight is 455 g/mol. The second-order valence-electron chi connectivity index (χ2n) is 7.62. The molecule has 32 heavy (non-hydrogen) atoms. The summed E-state index contributed by atoms with van der Waals surface area (Å²) >= 11 is 6.06. The van der Waals surface area contributed by atoms with Crippen LogP contribution in [0.2, 0.25) is 5.02 Å². The number of pyridine rings is 1. The number of ether oxygens (including phenoxy) is 1. The van der Waals surface area contributed by atoms with E-state index in [1.54, 1.807) is 18.7 Å². The number of nitrogens with zero attached hydrogens (tertiary/aromatic N) is 3. The Morgan fingerprint density at radius 2 is 1.75 bits per heavy atom. The van der Waals surface area contributed by atoms with Crippen molar-refractivity contribution in [3.05, 3.63) is 83.8 Å². The molecule has 4 rings (SSSR count). The van der Waals surface area contributed by atoms with E-state index in [1.807, 2.05) is 55.6 Å². The van der Waals surface area contributed by atoms with Crippen molar-refractivity contribution in [3.63, 3.8) is 0 Å². The minimum absolute atomic E-state index is 0.397. The zero-order chi connectivity index (χ0) is 22.2. The van der Waals surface area contributed by atoms with Gasteiger partial charge in [-0.25, -0.2) is 0 Å². The van der Waals surface area contributed by atoms with Crippen LogP contribution in [-0.2, 0) is 17.8 Å². The molecular formula is C24H27ClN4O3. The highest BCUT2D eigenvalue weighted by molar-refractivity contribution is 6.31. The maximum absolute atomic E-state index is 6.06. The SMILES string of the molecule is CN(CCN(Cc1ccco1)Cc1ccco1)COCNc1ccnc2cc(Cl)ccc12. The highest BCUT2D eigenvalue weighted by atomic mass is 35.5. The van der Waals surface area contributed by atoms with E-state index in [2.05, 4.69) is 20.1 Å². The number of nitrogens with one attached hydrogen (secondary N) is 1. The topological polar surface area (TPSA) is 66.9 Å². The van der Waals surface area contributed by atoms with Crippen molar-refractivity contribution in [1.82, 2.24) is 14.8 Å². The predicted octanol–water partition coefficient (Wildman–Crippen LogP) is 5.05. The molecule has 0 aliphatic heterocycles. The van der Waals surface area contributed by atoms with Gasteiger partial charge < -0.3 is 18.9 Å². The first-order chi connectivity index (χ1) is 15.7. The van der Waals surface area contributed by atoms with Crippen LogP contribution in [0, 0.1) is 0 Å². The van der Waals surface area contributed by atoms with Crippen LogP contribution >= 0.6 is 11.6 Å². The first-order valence-corrected chi connectivity index (χ1v) is 10.9. The van der Waals surface area contributed by atoms with Gasteiger partial charge in [-0.1, -0.05) is 11.6 Å². The third-order valence-electron chi connectivity index (χ3n) is 5.10. The molecule has 3 aromatic heterocycles. The number of likely N-dealkylation sites (N-methyl/N-ethyl adjacent to an activating group) is 1. The third-order valence-corrected chi connectivity index (χ3v) is 5.33. The van der Waals surface area contributed by atoms with Crippen LogP contribution in [0.15, 0.2) is 76.1 Å². The van der Waals surface area contributed by atoms with Crippen molar-refractivity contribution in [3.8, 4) is 0 Å². The van der Waals surface area contributed by atoms with Gasteiger partial charge in [0.05, 0.1) is 31.1 Å². The van der Waals surface area contributed by atoms with Crippen LogP contribution in [0.25, 0.3) is 10.9 Å². The molecule has 0 unspecified atom stereocenters. The monoisotopic (exact) mass is 454 g/mol. The fourth-order valence-electron chi connectivity index (χ4n) is 3.44. The van der Waals surface area contributed by atoms with Gasteiger partial charge in [0, 0.05) is 35.4 Å². The van der Waals surface area contributed by atoms with Gasteiger partial charge in [-0.05, 0) is 55.6 Å². The molecule has 0 saturated carbocycles. The van der Waals surface area contributed by atoms with Crippen molar-refractivity contribution in [2.45, 2.75) is 13.1 Å². The van der Waals surface area contributed by atoms with E-state index in [1.165, 1.54) is 0 Å². The summed E-state index contributed by atoms with van der Waals surface area (Å²) < 4.78 is 16.9. The van der Waals surface area contributed by atoms with Crippen LogP contribution in [0.4, 0.5) is 5.69 Å². The molecule has 168 valence electrons. The minimum atomic E-state index is 0.397. The maximum atomic E-state index is 6.06. The number of rotatable bonds is 12. The lowest BCUT2D eigenvalue weighted by atomic mass is 10.2. The summed E-state index contributed by atoms with van der Waals surface area (Å²) in [5, 5.41) is 5.01. The standard InChI is InChI=1S/C24H27ClN4O3/c1-28(10-11-29(15-20-4-2-12-31-20)16-21-5-3-13-32-21)18-30-17-27-23-8-9-26-24-14-19(25)6-7-22(23)24/h2-9,12-14H,10-11,15-18H2,1H3,(H,26,27). The number of hydrogen-bond acceptors (Lipinski definition) is 7. The van der Waals surface area contributed by atoms with Gasteiger partial charge in [0.1, 0.15) is 25.0 Å². The van der Waals surface area contributed by atoms with Gasteiger partial charge in [-0.15, -0.1) is 0 Å². The Balaban J connectivity index is 1.23. The second-order valence-corrected chi connectivity index (χ2v) is 8.06. The normalized spacial score (nSPS) is 11.6. The molecule has 7 nitrogen and oxygen atoms in total. The molecule has 3 heterocycles. The fraction of sp³-hybridized carbons (Fsp3) is 0.292. The summed E-state index contributed by atoms with van der Waals surface area (Å²) in [7, 11) is 2.04. The van der Waals surface area contributed by atoms with Crippen LogP contribution in [-0.4, -0.2) is 48.4 Å². The van der Waals surface area contributed by atoms with E-state index in [0.717, 1.165) is 54.3 Å². The quantitative estimate of drug-likeness (QED) is 0.237. The number of benzene rings is 1. The number of halogens is 1. The van der Waals surface area contributed by atoms with E-state index < -0.39 is 0 Å². The van der Waals surface area contributed by atoms with Crippen LogP contribution in [0.1, 0.15) is 11.5 Å². The Morgan fingerprint density at radius 3 is 2.44 bits per heavy atom. The van der Waals surface area contributed by atoms with Gasteiger partial charge in [0.15, 0.2) is 0 Å². The molecule has 8 heteroatoms. The van der Waals surface area contributed by atoms with Crippen molar-refractivity contribution >= 4 is 28.2 Å². The van der Waals surface area contributed by atoms with E-state index >= 15 is 0 Å². The van der Waals surface area contributed by atoms with Crippen LogP contribution in [0.5, 0.6) is 0 Å².